The lowest BCUT2D eigenvalue weighted by atomic mass is 9.79. The quantitative estimate of drug-likeness (QED) is 0.581. The lowest BCUT2D eigenvalue weighted by Crippen LogP contribution is -2.14. The van der Waals surface area contributed by atoms with E-state index in [1.165, 1.54) is 46.1 Å². The number of fused-ring (bicyclic) bond motifs is 3. The highest BCUT2D eigenvalue weighted by molar-refractivity contribution is 5.90. The van der Waals surface area contributed by atoms with Gasteiger partial charge < -0.3 is 4.57 Å². The maximum atomic E-state index is 13.2. The van der Waals surface area contributed by atoms with Crippen molar-refractivity contribution in [1.82, 2.24) is 4.57 Å². The number of rotatable bonds is 6. The zero-order valence-electron chi connectivity index (χ0n) is 14.5. The Bertz CT molecular complexity index is 710. The summed E-state index contributed by atoms with van der Waals surface area (Å²) in [6, 6.07) is 6.52. The highest BCUT2D eigenvalue weighted by Crippen LogP contribution is 2.44. The minimum atomic E-state index is -0.298. The van der Waals surface area contributed by atoms with Gasteiger partial charge in [0.25, 0.3) is 0 Å². The van der Waals surface area contributed by atoms with Crippen molar-refractivity contribution < 1.29 is 4.39 Å². The first-order valence-corrected chi connectivity index (χ1v) is 9.09. The predicted octanol–water partition coefficient (Wildman–Crippen LogP) is 5.95. The van der Waals surface area contributed by atoms with E-state index < -0.39 is 0 Å². The number of aryl methyl sites for hydroxylation is 2. The summed E-state index contributed by atoms with van der Waals surface area (Å²) < 4.78 is 15.4. The molecule has 2 aromatic rings. The third kappa shape index (κ3) is 2.73. The van der Waals surface area contributed by atoms with Gasteiger partial charge in [-0.15, -0.1) is 0 Å². The van der Waals surface area contributed by atoms with E-state index in [0.29, 0.717) is 12.5 Å². The Morgan fingerprint density at radius 2 is 2.17 bits per heavy atom. The second-order valence-corrected chi connectivity index (χ2v) is 6.72. The Morgan fingerprint density at radius 1 is 1.35 bits per heavy atom. The predicted molar refractivity (Wildman–Crippen MR) is 97.0 cm³/mol. The maximum absolute atomic E-state index is 13.2. The fraction of sp³-hybridized carbons (Fsp3) is 0.524. The fourth-order valence-electron chi connectivity index (χ4n) is 4.36. The van der Waals surface area contributed by atoms with Gasteiger partial charge in [0.2, 0.25) is 0 Å². The standard InChI is InChI=1S/C21H28FN/c1-4-8-15(3)17-10-7-12-19-21(17)20-16(5-2)9-6-11-18(20)23(19)14-13-22/h6,9,11,17H,3-5,7-8,10,12-14H2,1-2H3. The van der Waals surface area contributed by atoms with Gasteiger partial charge in [-0.05, 0) is 49.3 Å². The SMILES string of the molecule is C=C(CCC)C1CCCc2c1c1c(CC)cccc1n2CCF. The molecular formula is C21H28FN. The molecule has 1 atom stereocenters. The summed E-state index contributed by atoms with van der Waals surface area (Å²) in [6.07, 6.45) is 6.71. The fourth-order valence-corrected chi connectivity index (χ4v) is 4.36. The number of nitrogens with zero attached hydrogens (tertiary/aromatic N) is 1. The molecule has 1 aliphatic carbocycles. The molecule has 2 heteroatoms. The smallest absolute Gasteiger partial charge is 0.107 e. The molecule has 1 aliphatic rings. The first kappa shape index (κ1) is 16.3. The minimum Gasteiger partial charge on any atom is -0.342 e. The molecule has 1 aromatic carbocycles. The molecule has 124 valence electrons. The average Bonchev–Trinajstić information content (AvgIpc) is 2.90. The number of allylic oxidation sites excluding steroid dienone is 1. The summed E-state index contributed by atoms with van der Waals surface area (Å²) in [5.41, 5.74) is 6.82. The summed E-state index contributed by atoms with van der Waals surface area (Å²) in [5, 5.41) is 1.39. The van der Waals surface area contributed by atoms with Gasteiger partial charge in [0.1, 0.15) is 6.67 Å². The van der Waals surface area contributed by atoms with Crippen LogP contribution in [0.1, 0.15) is 62.3 Å². The number of hydrogen-bond acceptors (Lipinski definition) is 0. The summed E-state index contributed by atoms with van der Waals surface area (Å²) in [6.45, 7) is 9.02. The molecule has 0 bridgehead atoms. The van der Waals surface area contributed by atoms with Crippen LogP contribution in [0, 0.1) is 0 Å². The van der Waals surface area contributed by atoms with Crippen LogP contribution in [0.15, 0.2) is 30.4 Å². The van der Waals surface area contributed by atoms with E-state index in [-0.39, 0.29) is 6.67 Å². The van der Waals surface area contributed by atoms with E-state index in [2.05, 4.69) is 43.2 Å². The van der Waals surface area contributed by atoms with Crippen LogP contribution in [-0.2, 0) is 19.4 Å². The largest absolute Gasteiger partial charge is 0.342 e. The lowest BCUT2D eigenvalue weighted by molar-refractivity contribution is 0.440. The van der Waals surface area contributed by atoms with E-state index in [1.807, 2.05) is 0 Å². The molecule has 0 spiro atoms. The van der Waals surface area contributed by atoms with Gasteiger partial charge in [0.15, 0.2) is 0 Å². The van der Waals surface area contributed by atoms with Crippen molar-refractivity contribution in [3.63, 3.8) is 0 Å². The third-order valence-corrected chi connectivity index (χ3v) is 5.33. The van der Waals surface area contributed by atoms with Crippen LogP contribution < -0.4 is 0 Å². The lowest BCUT2D eigenvalue weighted by Gasteiger charge is -2.26. The Hall–Kier alpha value is -1.57. The van der Waals surface area contributed by atoms with Gasteiger partial charge >= 0.3 is 0 Å². The van der Waals surface area contributed by atoms with Gasteiger partial charge in [-0.2, -0.15) is 0 Å². The van der Waals surface area contributed by atoms with Crippen molar-refractivity contribution in [1.29, 1.82) is 0 Å². The molecule has 0 N–H and O–H groups in total. The Balaban J connectivity index is 2.26. The van der Waals surface area contributed by atoms with Crippen molar-refractivity contribution in [3.8, 4) is 0 Å². The van der Waals surface area contributed by atoms with E-state index in [9.17, 15) is 4.39 Å². The monoisotopic (exact) mass is 313 g/mol. The van der Waals surface area contributed by atoms with Gasteiger partial charge in [-0.1, -0.05) is 44.6 Å². The zero-order chi connectivity index (χ0) is 16.4. The van der Waals surface area contributed by atoms with Crippen LogP contribution >= 0.6 is 0 Å². The molecule has 1 aromatic heterocycles. The van der Waals surface area contributed by atoms with E-state index in [1.54, 1.807) is 0 Å². The van der Waals surface area contributed by atoms with Crippen molar-refractivity contribution >= 4 is 10.9 Å². The Labute approximate surface area is 139 Å². The van der Waals surface area contributed by atoms with Crippen molar-refractivity contribution in [2.45, 2.75) is 64.8 Å². The topological polar surface area (TPSA) is 4.93 Å². The molecule has 0 radical (unpaired) electrons. The normalized spacial score (nSPS) is 17.4. The van der Waals surface area contributed by atoms with Crippen LogP contribution in [0.25, 0.3) is 10.9 Å². The average molecular weight is 313 g/mol. The molecule has 1 nitrogen and oxygen atoms in total. The van der Waals surface area contributed by atoms with E-state index in [0.717, 1.165) is 25.7 Å². The van der Waals surface area contributed by atoms with Gasteiger partial charge in [-0.25, -0.2) is 4.39 Å². The van der Waals surface area contributed by atoms with Crippen LogP contribution in [0.5, 0.6) is 0 Å². The molecule has 3 rings (SSSR count). The number of alkyl halides is 1. The number of benzene rings is 1. The van der Waals surface area contributed by atoms with Crippen LogP contribution in [0.4, 0.5) is 4.39 Å². The molecule has 0 saturated heterocycles. The molecule has 0 aliphatic heterocycles. The second kappa shape index (κ2) is 6.90. The van der Waals surface area contributed by atoms with Gasteiger partial charge in [0.05, 0.1) is 6.54 Å². The third-order valence-electron chi connectivity index (χ3n) is 5.33. The van der Waals surface area contributed by atoms with Crippen LogP contribution in [0.3, 0.4) is 0 Å². The first-order valence-electron chi connectivity index (χ1n) is 9.09. The zero-order valence-corrected chi connectivity index (χ0v) is 14.5. The molecule has 23 heavy (non-hydrogen) atoms. The molecular weight excluding hydrogens is 285 g/mol. The second-order valence-electron chi connectivity index (χ2n) is 6.72. The first-order chi connectivity index (χ1) is 11.2. The van der Waals surface area contributed by atoms with E-state index in [4.69, 9.17) is 0 Å². The highest BCUT2D eigenvalue weighted by Gasteiger charge is 2.29. The summed E-state index contributed by atoms with van der Waals surface area (Å²) in [4.78, 5) is 0. The molecule has 0 amide bonds. The van der Waals surface area contributed by atoms with Crippen molar-refractivity contribution in [3.05, 3.63) is 47.2 Å². The number of halogens is 1. The Kier molecular flexibility index (Phi) is 4.89. The van der Waals surface area contributed by atoms with Crippen molar-refractivity contribution in [2.24, 2.45) is 0 Å². The number of hydrogen-bond donors (Lipinski definition) is 0. The summed E-state index contributed by atoms with van der Waals surface area (Å²) in [5.74, 6) is 0.453. The number of aromatic nitrogens is 1. The molecule has 1 heterocycles. The minimum absolute atomic E-state index is 0.298. The maximum Gasteiger partial charge on any atom is 0.107 e. The van der Waals surface area contributed by atoms with E-state index >= 15 is 0 Å². The van der Waals surface area contributed by atoms with Crippen LogP contribution in [-0.4, -0.2) is 11.2 Å². The van der Waals surface area contributed by atoms with Gasteiger partial charge in [-0.3, -0.25) is 0 Å². The molecule has 0 saturated carbocycles. The summed E-state index contributed by atoms with van der Waals surface area (Å²) in [7, 11) is 0. The molecule has 1 unspecified atom stereocenters. The van der Waals surface area contributed by atoms with Gasteiger partial charge in [0, 0.05) is 22.5 Å². The van der Waals surface area contributed by atoms with Crippen LogP contribution in [0.2, 0.25) is 0 Å². The molecule has 0 fully saturated rings. The highest BCUT2D eigenvalue weighted by atomic mass is 19.1. The Morgan fingerprint density at radius 3 is 2.87 bits per heavy atom. The van der Waals surface area contributed by atoms with Crippen molar-refractivity contribution in [2.75, 3.05) is 6.67 Å². The summed E-state index contributed by atoms with van der Waals surface area (Å²) >= 11 is 0.